The third-order valence-electron chi connectivity index (χ3n) is 3.01. The van der Waals surface area contributed by atoms with Gasteiger partial charge >= 0.3 is 0 Å². The average Bonchev–Trinajstić information content (AvgIpc) is 2.92. The second-order valence-electron chi connectivity index (χ2n) is 5.07. The molecule has 2 aromatic rings. The van der Waals surface area contributed by atoms with E-state index in [2.05, 4.69) is 10.5 Å². The van der Waals surface area contributed by atoms with Gasteiger partial charge in [0.15, 0.2) is 5.82 Å². The van der Waals surface area contributed by atoms with Crippen molar-refractivity contribution in [3.63, 3.8) is 0 Å². The Hall–Kier alpha value is -2.31. The quantitative estimate of drug-likeness (QED) is 0.821. The van der Waals surface area contributed by atoms with Crippen LogP contribution in [-0.2, 0) is 9.59 Å². The molecule has 0 bridgehead atoms. The number of hydrogen-bond acceptors (Lipinski definition) is 4. The van der Waals surface area contributed by atoms with E-state index >= 15 is 0 Å². The normalized spacial score (nSPS) is 10.8. The number of hydrogen-bond donors (Lipinski definition) is 1. The minimum atomic E-state index is -0.373. The van der Waals surface area contributed by atoms with Gasteiger partial charge in [-0.05, 0) is 30.7 Å². The standard InChI is InChI=1S/C16H15Cl2N3O3/c1-10-7-14(20-24-10)19-15(22)9-21(2)16(23)6-4-11-3-5-12(17)13(18)8-11/h3-8H,9H2,1-2H3,(H,19,20,22)/b6-4+. The number of carbonyl (C=O) groups is 2. The van der Waals surface area contributed by atoms with Gasteiger partial charge < -0.3 is 14.7 Å². The number of rotatable bonds is 5. The van der Waals surface area contributed by atoms with Crippen LogP contribution in [0.5, 0.6) is 0 Å². The lowest BCUT2D eigenvalue weighted by Gasteiger charge is -2.13. The molecule has 0 fully saturated rings. The Morgan fingerprint density at radius 1 is 1.29 bits per heavy atom. The first-order chi connectivity index (χ1) is 11.3. The summed E-state index contributed by atoms with van der Waals surface area (Å²) in [6.45, 7) is 1.60. The van der Waals surface area contributed by atoms with Gasteiger partial charge in [0, 0.05) is 19.2 Å². The number of nitrogens with one attached hydrogen (secondary N) is 1. The Balaban J connectivity index is 1.90. The predicted molar refractivity (Wildman–Crippen MR) is 93.0 cm³/mol. The maximum Gasteiger partial charge on any atom is 0.246 e. The molecule has 0 aliphatic heterocycles. The van der Waals surface area contributed by atoms with Gasteiger partial charge in [-0.3, -0.25) is 9.59 Å². The zero-order valence-electron chi connectivity index (χ0n) is 13.0. The summed E-state index contributed by atoms with van der Waals surface area (Å²) in [7, 11) is 1.52. The number of benzene rings is 1. The summed E-state index contributed by atoms with van der Waals surface area (Å²) >= 11 is 11.7. The lowest BCUT2D eigenvalue weighted by Crippen LogP contribution is -2.33. The SMILES string of the molecule is Cc1cc(NC(=O)CN(C)C(=O)/C=C/c2ccc(Cl)c(Cl)c2)no1. The van der Waals surface area contributed by atoms with Crippen molar-refractivity contribution in [2.24, 2.45) is 0 Å². The third kappa shape index (κ3) is 5.11. The van der Waals surface area contributed by atoms with E-state index in [-0.39, 0.29) is 18.4 Å². The molecule has 126 valence electrons. The van der Waals surface area contributed by atoms with Crippen molar-refractivity contribution < 1.29 is 14.1 Å². The molecule has 1 heterocycles. The summed E-state index contributed by atoms with van der Waals surface area (Å²) < 4.78 is 4.85. The molecular formula is C16H15Cl2N3O3. The zero-order chi connectivity index (χ0) is 17.7. The topological polar surface area (TPSA) is 75.4 Å². The van der Waals surface area contributed by atoms with Crippen molar-refractivity contribution in [2.75, 3.05) is 18.9 Å². The minimum Gasteiger partial charge on any atom is -0.360 e. The van der Waals surface area contributed by atoms with Crippen molar-refractivity contribution in [1.82, 2.24) is 10.1 Å². The van der Waals surface area contributed by atoms with E-state index in [1.807, 2.05) is 0 Å². The van der Waals surface area contributed by atoms with Gasteiger partial charge in [0.05, 0.1) is 16.6 Å². The van der Waals surface area contributed by atoms with Crippen LogP contribution in [0.25, 0.3) is 6.08 Å². The lowest BCUT2D eigenvalue weighted by atomic mass is 10.2. The van der Waals surface area contributed by atoms with Crippen LogP contribution in [0.3, 0.4) is 0 Å². The molecule has 8 heteroatoms. The molecule has 0 spiro atoms. The zero-order valence-corrected chi connectivity index (χ0v) is 14.6. The summed E-state index contributed by atoms with van der Waals surface area (Å²) in [6.07, 6.45) is 2.95. The van der Waals surface area contributed by atoms with Crippen LogP contribution in [0.15, 0.2) is 34.9 Å². The van der Waals surface area contributed by atoms with Crippen molar-refractivity contribution in [1.29, 1.82) is 0 Å². The first kappa shape index (κ1) is 18.0. The van der Waals surface area contributed by atoms with Gasteiger partial charge in [0.25, 0.3) is 0 Å². The summed E-state index contributed by atoms with van der Waals surface area (Å²) in [5.74, 6) is 0.193. The summed E-state index contributed by atoms with van der Waals surface area (Å²) in [5.41, 5.74) is 0.730. The minimum absolute atomic E-state index is 0.115. The molecule has 1 N–H and O–H groups in total. The van der Waals surface area contributed by atoms with Gasteiger partial charge in [-0.1, -0.05) is 34.4 Å². The van der Waals surface area contributed by atoms with Crippen LogP contribution in [0.2, 0.25) is 10.0 Å². The fraction of sp³-hybridized carbons (Fsp3) is 0.188. The van der Waals surface area contributed by atoms with E-state index in [4.69, 9.17) is 27.7 Å². The highest BCUT2D eigenvalue weighted by Gasteiger charge is 2.12. The second kappa shape index (κ2) is 7.99. The molecule has 0 aliphatic rings. The van der Waals surface area contributed by atoms with Crippen LogP contribution >= 0.6 is 23.2 Å². The fourth-order valence-corrected chi connectivity index (χ4v) is 2.12. The number of halogens is 2. The molecule has 0 atom stereocenters. The van der Waals surface area contributed by atoms with Crippen LogP contribution in [0.4, 0.5) is 5.82 Å². The number of likely N-dealkylation sites (N-methyl/N-ethyl adjacent to an activating group) is 1. The Labute approximate surface area is 149 Å². The molecule has 0 saturated carbocycles. The molecule has 1 aromatic heterocycles. The van der Waals surface area contributed by atoms with Crippen LogP contribution in [-0.4, -0.2) is 35.5 Å². The number of nitrogens with zero attached hydrogens (tertiary/aromatic N) is 2. The van der Waals surface area contributed by atoms with Crippen molar-refractivity contribution >= 4 is 46.9 Å². The van der Waals surface area contributed by atoms with Crippen LogP contribution in [0, 0.1) is 6.92 Å². The first-order valence-electron chi connectivity index (χ1n) is 6.96. The summed E-state index contributed by atoms with van der Waals surface area (Å²) in [5, 5.41) is 7.04. The number of carbonyl (C=O) groups excluding carboxylic acids is 2. The highest BCUT2D eigenvalue weighted by Crippen LogP contribution is 2.23. The van der Waals surface area contributed by atoms with E-state index in [1.54, 1.807) is 37.3 Å². The molecule has 0 aliphatic carbocycles. The number of amides is 2. The van der Waals surface area contributed by atoms with Crippen LogP contribution < -0.4 is 5.32 Å². The molecule has 24 heavy (non-hydrogen) atoms. The summed E-state index contributed by atoms with van der Waals surface area (Å²) in [6, 6.07) is 6.61. The molecule has 0 saturated heterocycles. The highest BCUT2D eigenvalue weighted by molar-refractivity contribution is 6.42. The van der Waals surface area contributed by atoms with Gasteiger partial charge in [-0.25, -0.2) is 0 Å². The maximum absolute atomic E-state index is 12.0. The largest absolute Gasteiger partial charge is 0.360 e. The van der Waals surface area contributed by atoms with Crippen molar-refractivity contribution in [3.05, 3.63) is 51.7 Å². The van der Waals surface area contributed by atoms with E-state index in [1.165, 1.54) is 18.0 Å². The monoisotopic (exact) mass is 367 g/mol. The molecule has 1 aromatic carbocycles. The van der Waals surface area contributed by atoms with E-state index in [0.717, 1.165) is 5.56 Å². The number of anilines is 1. The number of aromatic nitrogens is 1. The van der Waals surface area contributed by atoms with Gasteiger partial charge in [0.1, 0.15) is 5.76 Å². The summed E-state index contributed by atoms with van der Waals surface area (Å²) in [4.78, 5) is 25.2. The molecular weight excluding hydrogens is 353 g/mol. The Morgan fingerprint density at radius 3 is 2.67 bits per heavy atom. The molecule has 2 rings (SSSR count). The van der Waals surface area contributed by atoms with Gasteiger partial charge in [0.2, 0.25) is 11.8 Å². The Morgan fingerprint density at radius 2 is 2.04 bits per heavy atom. The maximum atomic E-state index is 12.0. The smallest absolute Gasteiger partial charge is 0.246 e. The molecule has 6 nitrogen and oxygen atoms in total. The van der Waals surface area contributed by atoms with E-state index in [9.17, 15) is 9.59 Å². The van der Waals surface area contributed by atoms with Gasteiger partial charge in [-0.2, -0.15) is 0 Å². The van der Waals surface area contributed by atoms with Crippen molar-refractivity contribution in [3.8, 4) is 0 Å². The van der Waals surface area contributed by atoms with E-state index in [0.29, 0.717) is 21.6 Å². The number of aryl methyl sites for hydroxylation is 1. The van der Waals surface area contributed by atoms with Crippen LogP contribution in [0.1, 0.15) is 11.3 Å². The van der Waals surface area contributed by atoms with Crippen molar-refractivity contribution in [2.45, 2.75) is 6.92 Å². The fourth-order valence-electron chi connectivity index (χ4n) is 1.81. The van der Waals surface area contributed by atoms with Gasteiger partial charge in [-0.15, -0.1) is 0 Å². The third-order valence-corrected chi connectivity index (χ3v) is 3.75. The lowest BCUT2D eigenvalue weighted by molar-refractivity contribution is -0.129. The first-order valence-corrected chi connectivity index (χ1v) is 7.72. The molecule has 0 radical (unpaired) electrons. The van der Waals surface area contributed by atoms with E-state index < -0.39 is 0 Å². The highest BCUT2D eigenvalue weighted by atomic mass is 35.5. The molecule has 0 unspecified atom stereocenters. The predicted octanol–water partition coefficient (Wildman–Crippen LogP) is 3.40. The Kier molecular flexibility index (Phi) is 6.00. The molecule has 2 amide bonds. The Bertz CT molecular complexity index is 787. The second-order valence-corrected chi connectivity index (χ2v) is 5.89. The average molecular weight is 368 g/mol.